The number of aromatic nitrogens is 2. The van der Waals surface area contributed by atoms with Gasteiger partial charge in [-0.2, -0.15) is 5.10 Å². The maximum absolute atomic E-state index is 13.4. The number of hydrogen-bond donors (Lipinski definition) is 4. The second-order valence-corrected chi connectivity index (χ2v) is 10.5. The Bertz CT molecular complexity index is 1380. The van der Waals surface area contributed by atoms with Gasteiger partial charge in [-0.3, -0.25) is 9.89 Å². The molecule has 0 aliphatic carbocycles. The number of hydroxylamine groups is 2. The van der Waals surface area contributed by atoms with Crippen molar-refractivity contribution in [2.75, 3.05) is 44.6 Å². The fourth-order valence-electron chi connectivity index (χ4n) is 5.71. The Kier molecular flexibility index (Phi) is 7.51. The maximum Gasteiger partial charge on any atom is 0.426 e. The number of carbonyl (C=O) groups is 3. The minimum absolute atomic E-state index is 0.0520. The molecule has 0 radical (unpaired) electrons. The van der Waals surface area contributed by atoms with Crippen LogP contribution in [0.1, 0.15) is 24.0 Å². The monoisotopic (exact) mass is 546 g/mol. The van der Waals surface area contributed by atoms with Crippen LogP contribution >= 0.6 is 0 Å². The van der Waals surface area contributed by atoms with Crippen molar-refractivity contribution in [3.63, 3.8) is 0 Å². The van der Waals surface area contributed by atoms with Crippen molar-refractivity contribution in [2.24, 2.45) is 0 Å². The zero-order valence-corrected chi connectivity index (χ0v) is 22.3. The molecule has 3 aromatic rings. The van der Waals surface area contributed by atoms with Gasteiger partial charge in [-0.1, -0.05) is 24.3 Å². The molecule has 3 aliphatic rings. The van der Waals surface area contributed by atoms with E-state index in [1.165, 1.54) is 0 Å². The lowest BCUT2D eigenvalue weighted by Gasteiger charge is -2.39. The van der Waals surface area contributed by atoms with Crippen LogP contribution in [0, 0.1) is 0 Å². The molecule has 2 aromatic carbocycles. The number of anilines is 1. The van der Waals surface area contributed by atoms with Gasteiger partial charge in [0.25, 0.3) is 0 Å². The maximum atomic E-state index is 13.4. The molecule has 12 heteroatoms. The lowest BCUT2D eigenvalue weighted by molar-refractivity contribution is -0.136. The number of rotatable bonds is 6. The number of amides is 4. The van der Waals surface area contributed by atoms with Gasteiger partial charge >= 0.3 is 12.1 Å². The van der Waals surface area contributed by atoms with E-state index >= 15 is 0 Å². The molecular formula is C28H34N8O4. The quantitative estimate of drug-likeness (QED) is 0.372. The fraction of sp³-hybridized carbons (Fsp3) is 0.429. The Balaban J connectivity index is 1.06. The first-order valence-corrected chi connectivity index (χ1v) is 13.8. The summed E-state index contributed by atoms with van der Waals surface area (Å²) in [5.74, 6) is -0.124. The number of nitrogens with zero attached hydrogens (tertiary/aromatic N) is 4. The van der Waals surface area contributed by atoms with E-state index in [0.717, 1.165) is 40.8 Å². The van der Waals surface area contributed by atoms with E-state index in [-0.39, 0.29) is 18.0 Å². The molecule has 2 saturated heterocycles. The molecule has 0 bridgehead atoms. The summed E-state index contributed by atoms with van der Waals surface area (Å²) in [7, 11) is 0. The van der Waals surface area contributed by atoms with E-state index in [1.54, 1.807) is 16.2 Å². The summed E-state index contributed by atoms with van der Waals surface area (Å²) in [4.78, 5) is 48.4. The number of H-pyrrole nitrogens is 1. The SMILES string of the molecule is O=C(NC(Cc1ccc2[nH]ncc2c1)C(=O)N1CCNCC1)ON1CCC(N2Cc3ccccc3NC2=O)CC1. The number of urea groups is 1. The van der Waals surface area contributed by atoms with E-state index in [0.29, 0.717) is 52.0 Å². The van der Waals surface area contributed by atoms with E-state index < -0.39 is 12.1 Å². The second kappa shape index (κ2) is 11.5. The number of para-hydroxylation sites is 1. The first kappa shape index (κ1) is 26.1. The van der Waals surface area contributed by atoms with Gasteiger partial charge in [0.05, 0.1) is 11.7 Å². The zero-order valence-electron chi connectivity index (χ0n) is 22.3. The average molecular weight is 547 g/mol. The number of piperidine rings is 1. The van der Waals surface area contributed by atoms with Crippen molar-refractivity contribution in [1.82, 2.24) is 35.7 Å². The van der Waals surface area contributed by atoms with E-state index in [1.807, 2.05) is 47.4 Å². The third-order valence-electron chi connectivity index (χ3n) is 7.90. The molecular weight excluding hydrogens is 512 g/mol. The van der Waals surface area contributed by atoms with Crippen LogP contribution in [0.4, 0.5) is 15.3 Å². The number of nitrogens with one attached hydrogen (secondary N) is 4. The standard InChI is InChI=1S/C28H34N8O4/c37-26(34-13-9-29-10-14-34)25(16-19-5-6-24-21(15-19)17-30-33-24)32-28(39)40-35-11-7-22(8-12-35)36-18-20-3-1-2-4-23(20)31-27(36)38/h1-6,15,17,22,25,29H,7-14,16,18H2,(H,30,33)(H,31,38)(H,32,39). The van der Waals surface area contributed by atoms with Gasteiger partial charge < -0.3 is 30.6 Å². The molecule has 1 unspecified atom stereocenters. The number of carbonyl (C=O) groups excluding carboxylic acids is 3. The largest absolute Gasteiger partial charge is 0.426 e. The second-order valence-electron chi connectivity index (χ2n) is 10.5. The molecule has 12 nitrogen and oxygen atoms in total. The third-order valence-corrected chi connectivity index (χ3v) is 7.90. The van der Waals surface area contributed by atoms with Crippen molar-refractivity contribution in [3.8, 4) is 0 Å². The minimum Gasteiger partial charge on any atom is -0.351 e. The predicted octanol–water partition coefficient (Wildman–Crippen LogP) is 2.06. The summed E-state index contributed by atoms with van der Waals surface area (Å²) >= 11 is 0. The summed E-state index contributed by atoms with van der Waals surface area (Å²) in [6, 6.07) is 12.9. The average Bonchev–Trinajstić information content (AvgIpc) is 3.45. The minimum atomic E-state index is -0.760. The van der Waals surface area contributed by atoms with Crippen LogP contribution in [0.3, 0.4) is 0 Å². The first-order chi connectivity index (χ1) is 19.5. The van der Waals surface area contributed by atoms with Gasteiger partial charge in [0.1, 0.15) is 6.04 Å². The molecule has 4 N–H and O–H groups in total. The van der Waals surface area contributed by atoms with Gasteiger partial charge in [0.2, 0.25) is 5.91 Å². The Morgan fingerprint density at radius 1 is 1.07 bits per heavy atom. The van der Waals surface area contributed by atoms with Crippen molar-refractivity contribution in [2.45, 2.75) is 37.9 Å². The van der Waals surface area contributed by atoms with E-state index in [9.17, 15) is 14.4 Å². The number of aromatic amines is 1. The highest BCUT2D eigenvalue weighted by Gasteiger charge is 2.33. The Morgan fingerprint density at radius 2 is 1.88 bits per heavy atom. The van der Waals surface area contributed by atoms with E-state index in [4.69, 9.17) is 4.84 Å². The number of benzene rings is 2. The molecule has 6 rings (SSSR count). The normalized spacial score (nSPS) is 19.1. The van der Waals surface area contributed by atoms with Gasteiger partial charge in [-0.15, -0.1) is 5.06 Å². The summed E-state index contributed by atoms with van der Waals surface area (Å²) in [5.41, 5.74) is 3.78. The van der Waals surface area contributed by atoms with Gasteiger partial charge in [-0.25, -0.2) is 9.59 Å². The third kappa shape index (κ3) is 5.73. The van der Waals surface area contributed by atoms with Crippen molar-refractivity contribution < 1.29 is 19.2 Å². The smallest absolute Gasteiger partial charge is 0.351 e. The van der Waals surface area contributed by atoms with Crippen LogP contribution < -0.4 is 16.0 Å². The lowest BCUT2D eigenvalue weighted by atomic mass is 10.0. The number of hydrogen-bond acceptors (Lipinski definition) is 7. The van der Waals surface area contributed by atoms with Crippen LogP contribution in [0.5, 0.6) is 0 Å². The summed E-state index contributed by atoms with van der Waals surface area (Å²) in [6.45, 7) is 4.19. The van der Waals surface area contributed by atoms with Crippen LogP contribution in [0.25, 0.3) is 10.9 Å². The Labute approximate surface area is 232 Å². The van der Waals surface area contributed by atoms with Gasteiger partial charge in [0.15, 0.2) is 0 Å². The van der Waals surface area contributed by atoms with Crippen molar-refractivity contribution in [1.29, 1.82) is 0 Å². The Morgan fingerprint density at radius 3 is 2.70 bits per heavy atom. The molecule has 4 amide bonds. The zero-order chi connectivity index (χ0) is 27.5. The first-order valence-electron chi connectivity index (χ1n) is 13.8. The lowest BCUT2D eigenvalue weighted by Crippen LogP contribution is -2.55. The molecule has 1 atom stereocenters. The van der Waals surface area contributed by atoms with E-state index in [2.05, 4.69) is 26.1 Å². The Hall–Kier alpha value is -4.16. The summed E-state index contributed by atoms with van der Waals surface area (Å²) < 4.78 is 0. The highest BCUT2D eigenvalue weighted by atomic mass is 16.7. The number of fused-ring (bicyclic) bond motifs is 2. The number of piperazine rings is 1. The molecule has 210 valence electrons. The summed E-state index contributed by atoms with van der Waals surface area (Å²) in [6.07, 6.45) is 2.78. The molecule has 2 fully saturated rings. The van der Waals surface area contributed by atoms with Crippen LogP contribution in [-0.4, -0.2) is 94.4 Å². The molecule has 1 aromatic heterocycles. The predicted molar refractivity (Wildman–Crippen MR) is 148 cm³/mol. The highest BCUT2D eigenvalue weighted by molar-refractivity contribution is 5.92. The van der Waals surface area contributed by atoms with Gasteiger partial charge in [0, 0.05) is 69.3 Å². The van der Waals surface area contributed by atoms with Crippen LogP contribution in [-0.2, 0) is 22.6 Å². The van der Waals surface area contributed by atoms with Crippen molar-refractivity contribution >= 4 is 34.6 Å². The van der Waals surface area contributed by atoms with Crippen LogP contribution in [0.15, 0.2) is 48.7 Å². The molecule has 3 aliphatic heterocycles. The van der Waals surface area contributed by atoms with Gasteiger partial charge in [-0.05, 0) is 42.2 Å². The van der Waals surface area contributed by atoms with Crippen molar-refractivity contribution in [3.05, 3.63) is 59.8 Å². The highest BCUT2D eigenvalue weighted by Crippen LogP contribution is 2.27. The molecule has 0 saturated carbocycles. The summed E-state index contributed by atoms with van der Waals surface area (Å²) in [5, 5.41) is 18.6. The van der Waals surface area contributed by atoms with Crippen LogP contribution in [0.2, 0.25) is 0 Å². The molecule has 4 heterocycles. The fourth-order valence-corrected chi connectivity index (χ4v) is 5.71. The molecule has 0 spiro atoms. The molecule has 40 heavy (non-hydrogen) atoms. The topological polar surface area (TPSA) is 135 Å².